The molecule has 24 heavy (non-hydrogen) atoms. The van der Waals surface area contributed by atoms with Crippen LogP contribution in [0.5, 0.6) is 17.2 Å². The minimum absolute atomic E-state index is 0.131. The predicted molar refractivity (Wildman–Crippen MR) is 91.9 cm³/mol. The van der Waals surface area contributed by atoms with E-state index in [2.05, 4.69) is 4.40 Å². The molecule has 0 aliphatic rings. The van der Waals surface area contributed by atoms with Crippen LogP contribution in [0.1, 0.15) is 12.5 Å². The van der Waals surface area contributed by atoms with Crippen molar-refractivity contribution < 1.29 is 22.6 Å². The number of nitrogens with zero attached hydrogens (tertiary/aromatic N) is 1. The fourth-order valence-corrected chi connectivity index (χ4v) is 2.93. The number of hydrogen-bond acceptors (Lipinski definition) is 5. The summed E-state index contributed by atoms with van der Waals surface area (Å²) in [6.45, 7) is 2.29. The number of methoxy groups -OCH3 is 2. The van der Waals surface area contributed by atoms with Gasteiger partial charge in [0, 0.05) is 11.8 Å². The SMILES string of the molecule is CCOc1c(OC)cc(/C=N\S(=O)(=O)c2ccccc2)cc1OC. The van der Waals surface area contributed by atoms with Crippen LogP contribution < -0.4 is 14.2 Å². The first kappa shape index (κ1) is 17.8. The number of ether oxygens (including phenoxy) is 3. The molecular formula is C17H19NO5S. The molecule has 6 nitrogen and oxygen atoms in total. The van der Waals surface area contributed by atoms with Crippen LogP contribution in [-0.4, -0.2) is 35.5 Å². The zero-order chi connectivity index (χ0) is 17.6. The van der Waals surface area contributed by atoms with Gasteiger partial charge in [-0.1, -0.05) is 18.2 Å². The van der Waals surface area contributed by atoms with E-state index in [0.29, 0.717) is 29.4 Å². The molecule has 0 heterocycles. The lowest BCUT2D eigenvalue weighted by Crippen LogP contribution is -2.01. The maximum Gasteiger partial charge on any atom is 0.282 e. The summed E-state index contributed by atoms with van der Waals surface area (Å²) in [4.78, 5) is 0.131. The van der Waals surface area contributed by atoms with Crippen LogP contribution in [0, 0.1) is 0 Å². The van der Waals surface area contributed by atoms with E-state index < -0.39 is 10.0 Å². The van der Waals surface area contributed by atoms with Gasteiger partial charge >= 0.3 is 0 Å². The molecule has 0 aromatic heterocycles. The highest BCUT2D eigenvalue weighted by molar-refractivity contribution is 7.90. The first-order chi connectivity index (χ1) is 11.5. The van der Waals surface area contributed by atoms with Gasteiger partial charge in [0.1, 0.15) is 0 Å². The summed E-state index contributed by atoms with van der Waals surface area (Å²) >= 11 is 0. The molecule has 0 aliphatic heterocycles. The van der Waals surface area contributed by atoms with Gasteiger partial charge in [-0.2, -0.15) is 12.8 Å². The van der Waals surface area contributed by atoms with Gasteiger partial charge in [-0.15, -0.1) is 0 Å². The van der Waals surface area contributed by atoms with Crippen molar-refractivity contribution in [3.05, 3.63) is 48.0 Å². The summed E-state index contributed by atoms with van der Waals surface area (Å²) in [5.74, 6) is 1.34. The summed E-state index contributed by atoms with van der Waals surface area (Å²) < 4.78 is 44.2. The molecule has 0 amide bonds. The highest BCUT2D eigenvalue weighted by Gasteiger charge is 2.14. The number of hydrogen-bond donors (Lipinski definition) is 0. The van der Waals surface area contributed by atoms with Crippen molar-refractivity contribution in [1.29, 1.82) is 0 Å². The second-order valence-electron chi connectivity index (χ2n) is 4.71. The topological polar surface area (TPSA) is 74.2 Å². The third-order valence-corrected chi connectivity index (χ3v) is 4.40. The minimum atomic E-state index is -3.76. The highest BCUT2D eigenvalue weighted by Crippen LogP contribution is 2.38. The Bertz CT molecular complexity index is 791. The van der Waals surface area contributed by atoms with E-state index in [-0.39, 0.29) is 4.90 Å². The van der Waals surface area contributed by atoms with Gasteiger partial charge in [0.2, 0.25) is 5.75 Å². The quantitative estimate of drug-likeness (QED) is 0.719. The second-order valence-corrected chi connectivity index (χ2v) is 6.34. The van der Waals surface area contributed by atoms with Crippen LogP contribution in [0.3, 0.4) is 0 Å². The monoisotopic (exact) mass is 349 g/mol. The van der Waals surface area contributed by atoms with Gasteiger partial charge in [0.05, 0.1) is 25.7 Å². The van der Waals surface area contributed by atoms with Crippen LogP contribution in [0.25, 0.3) is 0 Å². The van der Waals surface area contributed by atoms with Crippen LogP contribution in [0.4, 0.5) is 0 Å². The number of sulfonamides is 1. The summed E-state index contributed by atoms with van der Waals surface area (Å²) in [5.41, 5.74) is 0.520. The van der Waals surface area contributed by atoms with Crippen molar-refractivity contribution in [3.63, 3.8) is 0 Å². The minimum Gasteiger partial charge on any atom is -0.493 e. The van der Waals surface area contributed by atoms with Crippen LogP contribution >= 0.6 is 0 Å². The van der Waals surface area contributed by atoms with Gasteiger partial charge in [0.25, 0.3) is 10.0 Å². The Labute approximate surface area is 141 Å². The fraction of sp³-hybridized carbons (Fsp3) is 0.235. The molecule has 0 unspecified atom stereocenters. The van der Waals surface area contributed by atoms with E-state index in [1.807, 2.05) is 6.92 Å². The molecule has 0 radical (unpaired) electrons. The van der Waals surface area contributed by atoms with E-state index >= 15 is 0 Å². The highest BCUT2D eigenvalue weighted by atomic mass is 32.2. The van der Waals surface area contributed by atoms with E-state index in [1.54, 1.807) is 30.3 Å². The predicted octanol–water partition coefficient (Wildman–Crippen LogP) is 2.91. The summed E-state index contributed by atoms with van der Waals surface area (Å²) in [7, 11) is -0.764. The largest absolute Gasteiger partial charge is 0.493 e. The molecule has 0 saturated heterocycles. The zero-order valence-corrected chi connectivity index (χ0v) is 14.5. The third-order valence-electron chi connectivity index (χ3n) is 3.15. The van der Waals surface area contributed by atoms with Crippen molar-refractivity contribution >= 4 is 16.2 Å². The molecule has 2 aromatic rings. The normalized spacial score (nSPS) is 11.5. The molecule has 0 fully saturated rings. The van der Waals surface area contributed by atoms with Crippen molar-refractivity contribution in [2.24, 2.45) is 4.40 Å². The van der Waals surface area contributed by atoms with E-state index in [4.69, 9.17) is 14.2 Å². The summed E-state index contributed by atoms with van der Waals surface area (Å²) in [5, 5.41) is 0. The second kappa shape index (κ2) is 7.83. The molecule has 0 saturated carbocycles. The van der Waals surface area contributed by atoms with E-state index in [0.717, 1.165) is 0 Å². The number of benzene rings is 2. The number of rotatable bonds is 7. The Morgan fingerprint density at radius 1 is 1.04 bits per heavy atom. The molecule has 128 valence electrons. The summed E-state index contributed by atoms with van der Waals surface area (Å²) in [6, 6.07) is 11.3. The van der Waals surface area contributed by atoms with Crippen LogP contribution in [0.2, 0.25) is 0 Å². The average Bonchev–Trinajstić information content (AvgIpc) is 2.61. The first-order valence-corrected chi connectivity index (χ1v) is 8.70. The Balaban J connectivity index is 2.39. The van der Waals surface area contributed by atoms with Gasteiger partial charge in [-0.05, 0) is 31.2 Å². The van der Waals surface area contributed by atoms with Crippen molar-refractivity contribution in [1.82, 2.24) is 0 Å². The van der Waals surface area contributed by atoms with Crippen molar-refractivity contribution in [2.75, 3.05) is 20.8 Å². The lowest BCUT2D eigenvalue weighted by atomic mass is 10.2. The maximum absolute atomic E-state index is 12.2. The molecule has 0 atom stereocenters. The standard InChI is InChI=1S/C17H19NO5S/c1-4-23-17-15(21-2)10-13(11-16(17)22-3)12-18-24(19,20)14-8-6-5-7-9-14/h5-12H,4H2,1-3H3/b18-12-. The van der Waals surface area contributed by atoms with Crippen molar-refractivity contribution in [3.8, 4) is 17.2 Å². The van der Waals surface area contributed by atoms with E-state index in [9.17, 15) is 8.42 Å². The Morgan fingerprint density at radius 3 is 2.12 bits per heavy atom. The molecule has 0 bridgehead atoms. The van der Waals surface area contributed by atoms with E-state index in [1.165, 1.54) is 32.6 Å². The molecule has 0 aliphatic carbocycles. The van der Waals surface area contributed by atoms with Gasteiger partial charge < -0.3 is 14.2 Å². The lowest BCUT2D eigenvalue weighted by molar-refractivity contribution is 0.288. The maximum atomic E-state index is 12.2. The average molecular weight is 349 g/mol. The molecule has 2 aromatic carbocycles. The third kappa shape index (κ3) is 4.05. The Morgan fingerprint density at radius 2 is 1.62 bits per heavy atom. The van der Waals surface area contributed by atoms with Gasteiger partial charge in [-0.3, -0.25) is 0 Å². The van der Waals surface area contributed by atoms with Crippen LogP contribution in [-0.2, 0) is 10.0 Å². The summed E-state index contributed by atoms with van der Waals surface area (Å²) in [6.07, 6.45) is 1.25. The molecule has 0 N–H and O–H groups in total. The van der Waals surface area contributed by atoms with Gasteiger partial charge in [-0.25, -0.2) is 0 Å². The molecule has 7 heteroatoms. The Hall–Kier alpha value is -2.54. The van der Waals surface area contributed by atoms with Gasteiger partial charge in [0.15, 0.2) is 11.5 Å². The fourth-order valence-electron chi connectivity index (χ4n) is 2.04. The Kier molecular flexibility index (Phi) is 5.81. The smallest absolute Gasteiger partial charge is 0.282 e. The van der Waals surface area contributed by atoms with Crippen LogP contribution in [0.15, 0.2) is 51.8 Å². The van der Waals surface area contributed by atoms with Crippen molar-refractivity contribution in [2.45, 2.75) is 11.8 Å². The molecule has 2 rings (SSSR count). The lowest BCUT2D eigenvalue weighted by Gasteiger charge is -2.14. The first-order valence-electron chi connectivity index (χ1n) is 7.26. The zero-order valence-electron chi connectivity index (χ0n) is 13.7. The molecule has 0 spiro atoms. The molecular weight excluding hydrogens is 330 g/mol.